The van der Waals surface area contributed by atoms with Gasteiger partial charge in [0.1, 0.15) is 0 Å². The van der Waals surface area contributed by atoms with Gasteiger partial charge in [-0.05, 0) is 24.8 Å². The highest BCUT2D eigenvalue weighted by molar-refractivity contribution is 7.89. The Bertz CT molecular complexity index is 454. The zero-order valence-corrected chi connectivity index (χ0v) is 12.1. The van der Waals surface area contributed by atoms with E-state index in [0.717, 1.165) is 17.7 Å². The van der Waals surface area contributed by atoms with Crippen molar-refractivity contribution in [3.63, 3.8) is 0 Å². The van der Waals surface area contributed by atoms with Gasteiger partial charge >= 0.3 is 0 Å². The molecule has 1 unspecified atom stereocenters. The Hall–Kier alpha value is -0.430. The predicted octanol–water partition coefficient (Wildman–Crippen LogP) is 2.02. The van der Waals surface area contributed by atoms with Crippen molar-refractivity contribution in [2.24, 2.45) is 5.73 Å². The summed E-state index contributed by atoms with van der Waals surface area (Å²) < 4.78 is 26.2. The number of hydrogen-bond acceptors (Lipinski definition) is 4. The van der Waals surface area contributed by atoms with Gasteiger partial charge in [0, 0.05) is 24.5 Å². The van der Waals surface area contributed by atoms with Crippen molar-refractivity contribution < 1.29 is 8.42 Å². The normalized spacial score (nSPS) is 14.2. The number of nitrogens with zero attached hydrogens (tertiary/aromatic N) is 1. The molecule has 0 aliphatic rings. The topological polar surface area (TPSA) is 63.4 Å². The van der Waals surface area contributed by atoms with Crippen LogP contribution in [0.1, 0.15) is 31.6 Å². The molecule has 0 saturated carbocycles. The van der Waals surface area contributed by atoms with Gasteiger partial charge in [0.25, 0.3) is 0 Å². The second kappa shape index (κ2) is 5.95. The lowest BCUT2D eigenvalue weighted by Gasteiger charge is -2.24. The van der Waals surface area contributed by atoms with Crippen LogP contribution in [0, 0.1) is 0 Å². The Balaban J connectivity index is 3.03. The average molecular weight is 276 g/mol. The first-order valence-electron chi connectivity index (χ1n) is 5.69. The molecule has 2 N–H and O–H groups in total. The zero-order valence-electron chi connectivity index (χ0n) is 10.5. The molecule has 0 fully saturated rings. The van der Waals surface area contributed by atoms with Crippen LogP contribution >= 0.6 is 11.3 Å². The van der Waals surface area contributed by atoms with E-state index in [-0.39, 0.29) is 12.6 Å². The summed E-state index contributed by atoms with van der Waals surface area (Å²) in [5.41, 5.74) is 5.55. The summed E-state index contributed by atoms with van der Waals surface area (Å²) in [5.74, 6) is 0. The maximum atomic E-state index is 12.4. The van der Waals surface area contributed by atoms with E-state index in [1.807, 2.05) is 13.8 Å². The summed E-state index contributed by atoms with van der Waals surface area (Å²) in [6, 6.07) is 1.65. The molecule has 0 aliphatic heterocycles. The summed E-state index contributed by atoms with van der Waals surface area (Å²) in [7, 11) is -1.76. The summed E-state index contributed by atoms with van der Waals surface area (Å²) in [6.07, 6.45) is 1.83. The molecule has 0 radical (unpaired) electrons. The van der Waals surface area contributed by atoms with Crippen LogP contribution in [0.3, 0.4) is 0 Å². The summed E-state index contributed by atoms with van der Waals surface area (Å²) in [5, 5.41) is 1.77. The highest BCUT2D eigenvalue weighted by Gasteiger charge is 2.27. The highest BCUT2D eigenvalue weighted by atomic mass is 32.2. The standard InChI is InChI=1S/C11H20N2O2S2/c1-4-5-9(2)13(3)17(14,15)11-6-7-16-10(11)8-12/h6-7,9H,4-5,8,12H2,1-3H3. The molecule has 0 aliphatic carbocycles. The van der Waals surface area contributed by atoms with Crippen LogP contribution in [-0.4, -0.2) is 25.8 Å². The SMILES string of the molecule is CCCC(C)N(C)S(=O)(=O)c1ccsc1CN. The molecule has 4 nitrogen and oxygen atoms in total. The van der Waals surface area contributed by atoms with Crippen molar-refractivity contribution in [2.75, 3.05) is 7.05 Å². The second-order valence-corrected chi connectivity index (χ2v) is 7.04. The molecule has 0 amide bonds. The van der Waals surface area contributed by atoms with Crippen LogP contribution in [0.5, 0.6) is 0 Å². The smallest absolute Gasteiger partial charge is 0.244 e. The molecule has 1 heterocycles. The van der Waals surface area contributed by atoms with E-state index in [4.69, 9.17) is 5.73 Å². The molecule has 1 aromatic heterocycles. The van der Waals surface area contributed by atoms with Crippen LogP contribution in [0.4, 0.5) is 0 Å². The second-order valence-electron chi connectivity index (χ2n) is 4.07. The first kappa shape index (κ1) is 14.6. The Morgan fingerprint density at radius 3 is 2.71 bits per heavy atom. The minimum Gasteiger partial charge on any atom is -0.326 e. The number of nitrogens with two attached hydrogens (primary N) is 1. The number of sulfonamides is 1. The van der Waals surface area contributed by atoms with Crippen molar-refractivity contribution in [3.8, 4) is 0 Å². The fraction of sp³-hybridized carbons (Fsp3) is 0.636. The monoisotopic (exact) mass is 276 g/mol. The van der Waals surface area contributed by atoms with Crippen LogP contribution < -0.4 is 5.73 Å². The fourth-order valence-corrected chi connectivity index (χ4v) is 4.39. The largest absolute Gasteiger partial charge is 0.326 e. The molecule has 6 heteroatoms. The van der Waals surface area contributed by atoms with E-state index in [0.29, 0.717) is 4.90 Å². The molecular formula is C11H20N2O2S2. The predicted molar refractivity (Wildman–Crippen MR) is 71.5 cm³/mol. The van der Waals surface area contributed by atoms with Crippen molar-refractivity contribution >= 4 is 21.4 Å². The van der Waals surface area contributed by atoms with E-state index < -0.39 is 10.0 Å². The van der Waals surface area contributed by atoms with E-state index in [1.165, 1.54) is 15.6 Å². The molecule has 1 aromatic rings. The van der Waals surface area contributed by atoms with Crippen LogP contribution in [-0.2, 0) is 16.6 Å². The van der Waals surface area contributed by atoms with Crippen molar-refractivity contribution in [1.82, 2.24) is 4.31 Å². The quantitative estimate of drug-likeness (QED) is 0.864. The lowest BCUT2D eigenvalue weighted by atomic mass is 10.2. The van der Waals surface area contributed by atoms with Crippen molar-refractivity contribution in [1.29, 1.82) is 0 Å². The van der Waals surface area contributed by atoms with Crippen molar-refractivity contribution in [2.45, 2.75) is 44.2 Å². The Kier molecular flexibility index (Phi) is 5.12. The van der Waals surface area contributed by atoms with Gasteiger partial charge in [0.05, 0.1) is 4.90 Å². The van der Waals surface area contributed by atoms with Crippen LogP contribution in [0.2, 0.25) is 0 Å². The lowest BCUT2D eigenvalue weighted by Crippen LogP contribution is -2.35. The third-order valence-corrected chi connectivity index (χ3v) is 6.00. The number of thiophene rings is 1. The third kappa shape index (κ3) is 3.07. The van der Waals surface area contributed by atoms with Gasteiger partial charge in [-0.1, -0.05) is 13.3 Å². The lowest BCUT2D eigenvalue weighted by molar-refractivity contribution is 0.368. The average Bonchev–Trinajstić information content (AvgIpc) is 2.76. The van der Waals surface area contributed by atoms with E-state index in [9.17, 15) is 8.42 Å². The van der Waals surface area contributed by atoms with Crippen LogP contribution in [0.15, 0.2) is 16.3 Å². The summed E-state index contributed by atoms with van der Waals surface area (Å²) >= 11 is 1.39. The van der Waals surface area contributed by atoms with Gasteiger partial charge in [-0.3, -0.25) is 0 Å². The van der Waals surface area contributed by atoms with Gasteiger partial charge in [-0.2, -0.15) is 4.31 Å². The molecular weight excluding hydrogens is 256 g/mol. The molecule has 0 saturated heterocycles. The Labute approximate surface area is 107 Å². The van der Waals surface area contributed by atoms with Gasteiger partial charge in [-0.25, -0.2) is 8.42 Å². The van der Waals surface area contributed by atoms with Gasteiger partial charge < -0.3 is 5.73 Å². The Morgan fingerprint density at radius 2 is 2.18 bits per heavy atom. The Morgan fingerprint density at radius 1 is 1.53 bits per heavy atom. The third-order valence-electron chi connectivity index (χ3n) is 2.87. The molecule has 1 rings (SSSR count). The maximum Gasteiger partial charge on any atom is 0.244 e. The van der Waals surface area contributed by atoms with Gasteiger partial charge in [-0.15, -0.1) is 11.3 Å². The van der Waals surface area contributed by atoms with E-state index in [2.05, 4.69) is 0 Å². The highest BCUT2D eigenvalue weighted by Crippen LogP contribution is 2.25. The minimum absolute atomic E-state index is 0.00974. The first-order chi connectivity index (χ1) is 7.95. The van der Waals surface area contributed by atoms with Gasteiger partial charge in [0.15, 0.2) is 0 Å². The van der Waals surface area contributed by atoms with Crippen LogP contribution in [0.25, 0.3) is 0 Å². The fourth-order valence-electron chi connectivity index (χ4n) is 1.70. The zero-order chi connectivity index (χ0) is 13.1. The first-order valence-corrected chi connectivity index (χ1v) is 8.01. The van der Waals surface area contributed by atoms with E-state index in [1.54, 1.807) is 18.5 Å². The number of hydrogen-bond donors (Lipinski definition) is 1. The molecule has 0 aromatic carbocycles. The minimum atomic E-state index is -3.40. The molecule has 0 spiro atoms. The van der Waals surface area contributed by atoms with E-state index >= 15 is 0 Å². The summed E-state index contributed by atoms with van der Waals surface area (Å²) in [6.45, 7) is 4.24. The molecule has 98 valence electrons. The van der Waals surface area contributed by atoms with Gasteiger partial charge in [0.2, 0.25) is 10.0 Å². The molecule has 0 bridgehead atoms. The van der Waals surface area contributed by atoms with Crippen molar-refractivity contribution in [3.05, 3.63) is 16.3 Å². The molecule has 1 atom stereocenters. The molecule has 17 heavy (non-hydrogen) atoms. The summed E-state index contributed by atoms with van der Waals surface area (Å²) in [4.78, 5) is 1.08. The number of rotatable bonds is 6. The maximum absolute atomic E-state index is 12.4.